The summed E-state index contributed by atoms with van der Waals surface area (Å²) >= 11 is 0. The first kappa shape index (κ1) is 37.7. The molecule has 1 aliphatic rings. The highest BCUT2D eigenvalue weighted by Crippen LogP contribution is 2.35. The van der Waals surface area contributed by atoms with Crippen molar-refractivity contribution in [2.24, 2.45) is 35.5 Å². The Balaban J connectivity index is 2.78. The van der Waals surface area contributed by atoms with Crippen LogP contribution in [0.25, 0.3) is 0 Å². The predicted octanol–water partition coefficient (Wildman–Crippen LogP) is 5.41. The van der Waals surface area contributed by atoms with Crippen molar-refractivity contribution in [3.8, 4) is 6.07 Å². The summed E-state index contributed by atoms with van der Waals surface area (Å²) in [6, 6.07) is 2.26. The predicted molar refractivity (Wildman–Crippen MR) is 158 cm³/mol. The smallest absolute Gasteiger partial charge is 0.306 e. The number of hydrogen-bond donors (Lipinski definition) is 3. The molecule has 10 nitrogen and oxygen atoms in total. The van der Waals surface area contributed by atoms with Crippen LogP contribution < -0.4 is 0 Å². The molecule has 0 aromatic heterocycles. The van der Waals surface area contributed by atoms with E-state index in [1.54, 1.807) is 18.2 Å². The standard InChI is InChI=1S/C32H53NO9/c1-21(15-23(3)29(17-30(35)36)41-19-39-5)14-22(2)16-24(4)31(42-20-40-6)25(18-33)10-7-8-13-28(34)26-11-9-12-27(26)32(37)38/h7-8,10,21-24,26-29,31,34H,9,11-17,19-20H2,1-6H3,(H,35,36)(H,37,38)/b8-7+,25-10-/t21-,22+,23-,24-,26+,27+,28-,29-,31+/m0/s1. The maximum atomic E-state index is 11.5. The fourth-order valence-electron chi connectivity index (χ4n) is 6.39. The van der Waals surface area contributed by atoms with Crippen molar-refractivity contribution in [3.63, 3.8) is 0 Å². The fraction of sp³-hybridized carbons (Fsp3) is 0.781. The van der Waals surface area contributed by atoms with Gasteiger partial charge in [0.05, 0.1) is 42.3 Å². The summed E-state index contributed by atoms with van der Waals surface area (Å²) in [7, 11) is 3.05. The van der Waals surface area contributed by atoms with Gasteiger partial charge in [0, 0.05) is 14.2 Å². The van der Waals surface area contributed by atoms with Crippen LogP contribution in [0.15, 0.2) is 23.8 Å². The second kappa shape index (κ2) is 20.6. The zero-order valence-corrected chi connectivity index (χ0v) is 26.2. The van der Waals surface area contributed by atoms with Gasteiger partial charge in [-0.1, -0.05) is 46.3 Å². The number of carbonyl (C=O) groups is 2. The number of methoxy groups -OCH3 is 2. The SMILES string of the molecule is COCO[C@@H](CC(=O)O)[C@@H](C)C[C@@H](C)C[C@@H](C)C[C@H](C)[C@@H](OCOC)/C(C#N)=C\C=C\C[C@H](O)[C@@H]1CCC[C@H]1C(=O)O. The molecule has 9 atom stereocenters. The molecule has 0 aliphatic heterocycles. The topological polar surface area (TPSA) is 156 Å². The first-order valence-corrected chi connectivity index (χ1v) is 15.0. The third-order valence-electron chi connectivity index (χ3n) is 8.25. The third kappa shape index (κ3) is 13.8. The number of carboxylic acid groups (broad SMARTS) is 2. The number of allylic oxidation sites excluding steroid dienone is 2. The van der Waals surface area contributed by atoms with Crippen LogP contribution in [-0.2, 0) is 28.5 Å². The van der Waals surface area contributed by atoms with Gasteiger partial charge in [0.2, 0.25) is 0 Å². The Morgan fingerprint density at radius 3 is 2.14 bits per heavy atom. The quantitative estimate of drug-likeness (QED) is 0.0840. The molecule has 1 fully saturated rings. The van der Waals surface area contributed by atoms with Crippen molar-refractivity contribution in [3.05, 3.63) is 23.8 Å². The molecular formula is C32H53NO9. The summed E-state index contributed by atoms with van der Waals surface area (Å²) in [5.74, 6) is -1.77. The molecule has 1 rings (SSSR count). The summed E-state index contributed by atoms with van der Waals surface area (Å²) in [6.07, 6.45) is 8.49. The number of ether oxygens (including phenoxy) is 4. The molecule has 0 spiro atoms. The molecule has 0 unspecified atom stereocenters. The molecule has 0 amide bonds. The molecular weight excluding hydrogens is 542 g/mol. The Morgan fingerprint density at radius 2 is 1.57 bits per heavy atom. The Labute approximate surface area is 251 Å². The maximum absolute atomic E-state index is 11.5. The van der Waals surface area contributed by atoms with Gasteiger partial charge in [-0.25, -0.2) is 0 Å². The van der Waals surface area contributed by atoms with E-state index in [1.807, 2.05) is 6.92 Å². The second-order valence-corrected chi connectivity index (χ2v) is 12.1. The van der Waals surface area contributed by atoms with Crippen LogP contribution in [0.1, 0.15) is 79.1 Å². The lowest BCUT2D eigenvalue weighted by atomic mass is 9.82. The molecule has 0 aromatic carbocycles. The summed E-state index contributed by atoms with van der Waals surface area (Å²) in [6.45, 7) is 8.50. The van der Waals surface area contributed by atoms with E-state index < -0.39 is 36.2 Å². The molecule has 1 aliphatic carbocycles. The van der Waals surface area contributed by atoms with E-state index in [0.29, 0.717) is 36.7 Å². The van der Waals surface area contributed by atoms with Crippen molar-refractivity contribution >= 4 is 11.9 Å². The van der Waals surface area contributed by atoms with Crippen molar-refractivity contribution in [2.45, 2.75) is 97.4 Å². The Bertz CT molecular complexity index is 899. The van der Waals surface area contributed by atoms with Gasteiger partial charge in [-0.15, -0.1) is 0 Å². The highest BCUT2D eigenvalue weighted by molar-refractivity contribution is 5.70. The number of carboxylic acids is 2. The number of aliphatic carboxylic acids is 2. The number of rotatable bonds is 22. The van der Waals surface area contributed by atoms with E-state index >= 15 is 0 Å². The molecule has 240 valence electrons. The van der Waals surface area contributed by atoms with Crippen molar-refractivity contribution in [1.29, 1.82) is 5.26 Å². The van der Waals surface area contributed by atoms with E-state index in [4.69, 9.17) is 18.9 Å². The van der Waals surface area contributed by atoms with Crippen molar-refractivity contribution in [2.75, 3.05) is 27.8 Å². The maximum Gasteiger partial charge on any atom is 0.306 e. The average molecular weight is 596 g/mol. The molecule has 0 radical (unpaired) electrons. The molecule has 0 heterocycles. The van der Waals surface area contributed by atoms with Crippen LogP contribution in [0, 0.1) is 46.8 Å². The molecule has 0 bridgehead atoms. The first-order chi connectivity index (χ1) is 19.9. The van der Waals surface area contributed by atoms with Gasteiger partial charge in [0.1, 0.15) is 13.6 Å². The summed E-state index contributed by atoms with van der Waals surface area (Å²) in [4.78, 5) is 22.7. The molecule has 10 heteroatoms. The molecule has 1 saturated carbocycles. The van der Waals surface area contributed by atoms with Crippen LogP contribution in [-0.4, -0.2) is 73.4 Å². The van der Waals surface area contributed by atoms with Gasteiger partial charge in [0.25, 0.3) is 0 Å². The minimum absolute atomic E-state index is 0.0178. The number of nitriles is 1. The van der Waals surface area contributed by atoms with Crippen LogP contribution in [0.4, 0.5) is 0 Å². The van der Waals surface area contributed by atoms with Crippen molar-refractivity contribution in [1.82, 2.24) is 0 Å². The number of hydrogen-bond acceptors (Lipinski definition) is 8. The van der Waals surface area contributed by atoms with Crippen molar-refractivity contribution < 1.29 is 43.9 Å². The average Bonchev–Trinajstić information content (AvgIpc) is 3.42. The van der Waals surface area contributed by atoms with E-state index in [1.165, 1.54) is 14.2 Å². The normalized spacial score (nSPS) is 22.7. The lowest BCUT2D eigenvalue weighted by Gasteiger charge is -2.29. The van der Waals surface area contributed by atoms with Gasteiger partial charge >= 0.3 is 11.9 Å². The molecule has 0 aromatic rings. The summed E-state index contributed by atoms with van der Waals surface area (Å²) in [5, 5.41) is 39.1. The molecule has 3 N–H and O–H groups in total. The molecule has 0 saturated heterocycles. The minimum Gasteiger partial charge on any atom is -0.481 e. The highest BCUT2D eigenvalue weighted by Gasteiger charge is 2.36. The van der Waals surface area contributed by atoms with Crippen LogP contribution >= 0.6 is 0 Å². The number of aliphatic hydroxyl groups is 1. The highest BCUT2D eigenvalue weighted by atomic mass is 16.7. The fourth-order valence-corrected chi connectivity index (χ4v) is 6.39. The second-order valence-electron chi connectivity index (χ2n) is 12.1. The van der Waals surface area contributed by atoms with Gasteiger partial charge in [-0.2, -0.15) is 5.26 Å². The van der Waals surface area contributed by atoms with E-state index in [9.17, 15) is 30.2 Å². The van der Waals surface area contributed by atoms with Crippen LogP contribution in [0.5, 0.6) is 0 Å². The van der Waals surface area contributed by atoms with Gasteiger partial charge < -0.3 is 34.3 Å². The van der Waals surface area contributed by atoms with Gasteiger partial charge in [-0.3, -0.25) is 9.59 Å². The number of aliphatic hydroxyl groups excluding tert-OH is 1. The van der Waals surface area contributed by atoms with Gasteiger partial charge in [-0.05, 0) is 74.2 Å². The van der Waals surface area contributed by atoms with E-state index in [0.717, 1.165) is 25.7 Å². The zero-order valence-electron chi connectivity index (χ0n) is 26.2. The first-order valence-electron chi connectivity index (χ1n) is 15.0. The lowest BCUT2D eigenvalue weighted by Crippen LogP contribution is -2.28. The van der Waals surface area contributed by atoms with Gasteiger partial charge in [0.15, 0.2) is 0 Å². The number of nitrogens with zero attached hydrogens (tertiary/aromatic N) is 1. The van der Waals surface area contributed by atoms with Crippen LogP contribution in [0.2, 0.25) is 0 Å². The third-order valence-corrected chi connectivity index (χ3v) is 8.25. The van der Waals surface area contributed by atoms with E-state index in [2.05, 4.69) is 26.8 Å². The minimum atomic E-state index is -0.895. The Hall–Kier alpha value is -2.29. The summed E-state index contributed by atoms with van der Waals surface area (Å²) in [5.41, 5.74) is 0.454. The van der Waals surface area contributed by atoms with E-state index in [-0.39, 0.29) is 37.8 Å². The zero-order chi connectivity index (χ0) is 31.7. The Kier molecular flexibility index (Phi) is 18.5. The molecule has 42 heavy (non-hydrogen) atoms. The largest absolute Gasteiger partial charge is 0.481 e. The monoisotopic (exact) mass is 595 g/mol. The van der Waals surface area contributed by atoms with Crippen LogP contribution in [0.3, 0.4) is 0 Å². The summed E-state index contributed by atoms with van der Waals surface area (Å²) < 4.78 is 21.7. The lowest BCUT2D eigenvalue weighted by molar-refractivity contribution is -0.146. The Morgan fingerprint density at radius 1 is 0.952 bits per heavy atom.